The van der Waals surface area contributed by atoms with E-state index in [1.165, 1.54) is 0 Å². The third-order valence-electron chi connectivity index (χ3n) is 2.64. The van der Waals surface area contributed by atoms with Gasteiger partial charge in [-0.2, -0.15) is 0 Å². The van der Waals surface area contributed by atoms with Gasteiger partial charge in [0, 0.05) is 5.56 Å². The van der Waals surface area contributed by atoms with Crippen LogP contribution in [0.25, 0.3) is 0 Å². The maximum Gasteiger partial charge on any atom is 0.251 e. The highest BCUT2D eigenvalue weighted by atomic mass is 16.5. The Bertz CT molecular complexity index is 358. The monoisotopic (exact) mass is 251 g/mol. The molecule has 2 N–H and O–H groups in total. The van der Waals surface area contributed by atoms with Gasteiger partial charge in [-0.05, 0) is 37.1 Å². The van der Waals surface area contributed by atoms with Gasteiger partial charge in [-0.1, -0.05) is 13.8 Å². The van der Waals surface area contributed by atoms with Crippen molar-refractivity contribution in [3.05, 3.63) is 29.8 Å². The second-order valence-electron chi connectivity index (χ2n) is 4.13. The van der Waals surface area contributed by atoms with Gasteiger partial charge < -0.3 is 15.2 Å². The smallest absolute Gasteiger partial charge is 0.251 e. The van der Waals surface area contributed by atoms with E-state index in [0.29, 0.717) is 18.6 Å². The Hall–Kier alpha value is -1.55. The topological polar surface area (TPSA) is 58.6 Å². The normalized spacial score (nSPS) is 11.9. The molecule has 4 heteroatoms. The highest BCUT2D eigenvalue weighted by molar-refractivity contribution is 5.94. The zero-order valence-corrected chi connectivity index (χ0v) is 11.0. The molecule has 0 saturated heterocycles. The predicted molar refractivity (Wildman–Crippen MR) is 70.9 cm³/mol. The van der Waals surface area contributed by atoms with Crippen molar-refractivity contribution in [1.82, 2.24) is 5.32 Å². The highest BCUT2D eigenvalue weighted by Gasteiger charge is 2.10. The lowest BCUT2D eigenvalue weighted by Crippen LogP contribution is -2.36. The van der Waals surface area contributed by atoms with E-state index < -0.39 is 0 Å². The second-order valence-corrected chi connectivity index (χ2v) is 4.13. The molecule has 0 saturated carbocycles. The lowest BCUT2D eigenvalue weighted by molar-refractivity contribution is 0.0915. The molecular weight excluding hydrogens is 230 g/mol. The fraction of sp³-hybridized carbons (Fsp3) is 0.500. The summed E-state index contributed by atoms with van der Waals surface area (Å²) in [4.78, 5) is 11.8. The van der Waals surface area contributed by atoms with E-state index >= 15 is 0 Å². The Morgan fingerprint density at radius 1 is 1.33 bits per heavy atom. The van der Waals surface area contributed by atoms with Crippen molar-refractivity contribution in [2.75, 3.05) is 13.2 Å². The summed E-state index contributed by atoms with van der Waals surface area (Å²) in [6.07, 6.45) is 1.66. The van der Waals surface area contributed by atoms with E-state index in [9.17, 15) is 4.79 Å². The maximum absolute atomic E-state index is 11.8. The largest absolute Gasteiger partial charge is 0.494 e. The van der Waals surface area contributed by atoms with Crippen LogP contribution in [0.15, 0.2) is 24.3 Å². The Morgan fingerprint density at radius 2 is 2.00 bits per heavy atom. The molecule has 1 amide bonds. The molecule has 0 radical (unpaired) electrons. The van der Waals surface area contributed by atoms with Gasteiger partial charge in [-0.3, -0.25) is 4.79 Å². The molecule has 1 aromatic rings. The molecule has 0 spiro atoms. The first-order valence-electron chi connectivity index (χ1n) is 6.35. The third kappa shape index (κ3) is 4.37. The molecular formula is C14H21NO3. The van der Waals surface area contributed by atoms with Crippen LogP contribution >= 0.6 is 0 Å². The van der Waals surface area contributed by atoms with Crippen LogP contribution in [-0.4, -0.2) is 30.3 Å². The minimum Gasteiger partial charge on any atom is -0.494 e. The molecule has 0 aromatic heterocycles. The Labute approximate surface area is 108 Å². The molecule has 0 aliphatic carbocycles. The molecule has 0 unspecified atom stereocenters. The zero-order chi connectivity index (χ0) is 13.4. The van der Waals surface area contributed by atoms with Crippen LogP contribution in [0.5, 0.6) is 5.75 Å². The van der Waals surface area contributed by atoms with Crippen molar-refractivity contribution in [2.45, 2.75) is 32.7 Å². The van der Waals surface area contributed by atoms with Gasteiger partial charge in [0.05, 0.1) is 19.3 Å². The molecule has 0 fully saturated rings. The van der Waals surface area contributed by atoms with Crippen LogP contribution in [0.1, 0.15) is 37.0 Å². The number of carbonyl (C=O) groups is 1. The van der Waals surface area contributed by atoms with Gasteiger partial charge in [0.25, 0.3) is 5.91 Å². The first-order chi connectivity index (χ1) is 8.71. The summed E-state index contributed by atoms with van der Waals surface area (Å²) in [7, 11) is 0. The van der Waals surface area contributed by atoms with Crippen molar-refractivity contribution < 1.29 is 14.6 Å². The van der Waals surface area contributed by atoms with Gasteiger partial charge in [0.2, 0.25) is 0 Å². The number of rotatable bonds is 7. The summed E-state index contributed by atoms with van der Waals surface area (Å²) in [5.74, 6) is 0.598. The standard InChI is InChI=1S/C14H21NO3/c1-3-9-18-13-7-5-11(6-8-13)14(17)15-12(4-2)10-16/h5-8,12,16H,3-4,9-10H2,1-2H3,(H,15,17)/t12-/m1/s1. The average Bonchev–Trinajstić information content (AvgIpc) is 2.42. The summed E-state index contributed by atoms with van der Waals surface area (Å²) < 4.78 is 5.44. The minimum atomic E-state index is -0.187. The van der Waals surface area contributed by atoms with Gasteiger partial charge in [-0.15, -0.1) is 0 Å². The fourth-order valence-electron chi connectivity index (χ4n) is 1.47. The number of hydrogen-bond donors (Lipinski definition) is 2. The quantitative estimate of drug-likeness (QED) is 0.779. The van der Waals surface area contributed by atoms with Gasteiger partial charge in [-0.25, -0.2) is 0 Å². The number of nitrogens with one attached hydrogen (secondary N) is 1. The van der Waals surface area contributed by atoms with Crippen LogP contribution in [0.2, 0.25) is 0 Å². The molecule has 1 aromatic carbocycles. The van der Waals surface area contributed by atoms with Crippen LogP contribution in [0.3, 0.4) is 0 Å². The number of aliphatic hydroxyl groups is 1. The number of hydrogen-bond acceptors (Lipinski definition) is 3. The van der Waals surface area contributed by atoms with Crippen LogP contribution < -0.4 is 10.1 Å². The molecule has 0 bridgehead atoms. The maximum atomic E-state index is 11.8. The molecule has 1 atom stereocenters. The van der Waals surface area contributed by atoms with Crippen molar-refractivity contribution in [3.63, 3.8) is 0 Å². The summed E-state index contributed by atoms with van der Waals surface area (Å²) in [6.45, 7) is 4.60. The molecule has 1 rings (SSSR count). The van der Waals surface area contributed by atoms with E-state index in [4.69, 9.17) is 9.84 Å². The van der Waals surface area contributed by atoms with Crippen molar-refractivity contribution in [2.24, 2.45) is 0 Å². The Balaban J connectivity index is 2.58. The first-order valence-corrected chi connectivity index (χ1v) is 6.35. The van der Waals surface area contributed by atoms with E-state index in [-0.39, 0.29) is 18.6 Å². The lowest BCUT2D eigenvalue weighted by atomic mass is 10.1. The second kappa shape index (κ2) is 7.71. The minimum absolute atomic E-state index is 0.0417. The Kier molecular flexibility index (Phi) is 6.22. The van der Waals surface area contributed by atoms with Crippen molar-refractivity contribution >= 4 is 5.91 Å². The van der Waals surface area contributed by atoms with Crippen LogP contribution in [-0.2, 0) is 0 Å². The van der Waals surface area contributed by atoms with E-state index in [0.717, 1.165) is 12.2 Å². The molecule has 0 heterocycles. The zero-order valence-electron chi connectivity index (χ0n) is 11.0. The highest BCUT2D eigenvalue weighted by Crippen LogP contribution is 2.12. The summed E-state index contributed by atoms with van der Waals surface area (Å²) >= 11 is 0. The summed E-state index contributed by atoms with van der Waals surface area (Å²) in [6, 6.07) is 6.83. The lowest BCUT2D eigenvalue weighted by Gasteiger charge is -2.14. The van der Waals surface area contributed by atoms with Crippen molar-refractivity contribution in [3.8, 4) is 5.75 Å². The van der Waals surface area contributed by atoms with Crippen LogP contribution in [0.4, 0.5) is 0 Å². The SMILES string of the molecule is CCCOc1ccc(C(=O)N[C@H](CC)CO)cc1. The molecule has 0 aliphatic heterocycles. The summed E-state index contributed by atoms with van der Waals surface area (Å²) in [5, 5.41) is 11.8. The first kappa shape index (κ1) is 14.5. The molecule has 4 nitrogen and oxygen atoms in total. The average molecular weight is 251 g/mol. The summed E-state index contributed by atoms with van der Waals surface area (Å²) in [5.41, 5.74) is 0.575. The van der Waals surface area contributed by atoms with Crippen LogP contribution in [0, 0.1) is 0 Å². The number of carbonyl (C=O) groups excluding carboxylic acids is 1. The van der Waals surface area contributed by atoms with E-state index in [1.807, 2.05) is 13.8 Å². The van der Waals surface area contributed by atoms with Crippen molar-refractivity contribution in [1.29, 1.82) is 0 Å². The molecule has 18 heavy (non-hydrogen) atoms. The van der Waals surface area contributed by atoms with Gasteiger partial charge in [0.1, 0.15) is 5.75 Å². The third-order valence-corrected chi connectivity index (χ3v) is 2.64. The van der Waals surface area contributed by atoms with Gasteiger partial charge in [0.15, 0.2) is 0 Å². The van der Waals surface area contributed by atoms with E-state index in [1.54, 1.807) is 24.3 Å². The molecule has 0 aliphatic rings. The van der Waals surface area contributed by atoms with E-state index in [2.05, 4.69) is 5.32 Å². The number of ether oxygens (including phenoxy) is 1. The number of benzene rings is 1. The fourth-order valence-corrected chi connectivity index (χ4v) is 1.47. The number of amides is 1. The van der Waals surface area contributed by atoms with Gasteiger partial charge >= 0.3 is 0 Å². The predicted octanol–water partition coefficient (Wildman–Crippen LogP) is 1.98. The molecule has 100 valence electrons. The Morgan fingerprint density at radius 3 is 2.50 bits per heavy atom. The number of aliphatic hydroxyl groups excluding tert-OH is 1.